The van der Waals surface area contributed by atoms with Gasteiger partial charge in [0.15, 0.2) is 0 Å². The largest absolute Gasteiger partial charge is 0.455 e. The summed E-state index contributed by atoms with van der Waals surface area (Å²) in [5.74, 6) is 0. The zero-order chi connectivity index (χ0) is 17.7. The molecule has 0 aliphatic heterocycles. The Morgan fingerprint density at radius 1 is 0.769 bits per heavy atom. The highest BCUT2D eigenvalue weighted by Crippen LogP contribution is 2.37. The monoisotopic (exact) mass is 339 g/mol. The average Bonchev–Trinajstić information content (AvgIpc) is 3.06. The second-order valence-electron chi connectivity index (χ2n) is 6.25. The second kappa shape index (κ2) is 5.43. The molecule has 1 heterocycles. The van der Waals surface area contributed by atoms with E-state index in [1.165, 1.54) is 6.07 Å². The van der Waals surface area contributed by atoms with Crippen molar-refractivity contribution in [3.05, 3.63) is 89.0 Å². The molecule has 0 bridgehead atoms. The van der Waals surface area contributed by atoms with E-state index in [1.54, 1.807) is 12.1 Å². The molecule has 1 aromatic heterocycles. The maximum absolute atomic E-state index is 11.3. The van der Waals surface area contributed by atoms with Crippen LogP contribution in [-0.4, -0.2) is 4.92 Å². The van der Waals surface area contributed by atoms with Crippen LogP contribution in [0.4, 0.5) is 5.69 Å². The van der Waals surface area contributed by atoms with Gasteiger partial charge in [-0.15, -0.1) is 0 Å². The summed E-state index contributed by atoms with van der Waals surface area (Å²) in [7, 11) is 0. The smallest absolute Gasteiger partial charge is 0.277 e. The van der Waals surface area contributed by atoms with E-state index < -0.39 is 0 Å². The lowest BCUT2D eigenvalue weighted by atomic mass is 9.98. The van der Waals surface area contributed by atoms with Crippen molar-refractivity contribution in [2.24, 2.45) is 0 Å². The minimum absolute atomic E-state index is 0.108. The Bertz CT molecular complexity index is 1320. The lowest BCUT2D eigenvalue weighted by Gasteiger charge is -2.05. The average molecular weight is 339 g/mol. The van der Waals surface area contributed by atoms with Gasteiger partial charge in [-0.25, -0.2) is 0 Å². The molecule has 0 amide bonds. The van der Waals surface area contributed by atoms with Crippen LogP contribution in [0.3, 0.4) is 0 Å². The van der Waals surface area contributed by atoms with E-state index in [2.05, 4.69) is 6.07 Å². The van der Waals surface area contributed by atoms with Crippen LogP contribution in [0, 0.1) is 10.1 Å². The summed E-state index contributed by atoms with van der Waals surface area (Å²) < 4.78 is 6.07. The van der Waals surface area contributed by atoms with E-state index in [0.717, 1.165) is 38.3 Å². The number of nitrogens with zero attached hydrogens (tertiary/aromatic N) is 1. The molecule has 0 atom stereocenters. The molecule has 5 aromatic rings. The number of hydrogen-bond donors (Lipinski definition) is 0. The molecule has 0 fully saturated rings. The van der Waals surface area contributed by atoms with Crippen molar-refractivity contribution in [1.29, 1.82) is 0 Å². The summed E-state index contributed by atoms with van der Waals surface area (Å²) >= 11 is 0. The van der Waals surface area contributed by atoms with E-state index in [0.29, 0.717) is 5.56 Å². The molecule has 26 heavy (non-hydrogen) atoms. The fourth-order valence-corrected chi connectivity index (χ4v) is 3.56. The first-order chi connectivity index (χ1) is 12.7. The molecular weight excluding hydrogens is 326 g/mol. The summed E-state index contributed by atoms with van der Waals surface area (Å²) in [5, 5.41) is 15.5. The Morgan fingerprint density at radius 2 is 1.54 bits per heavy atom. The highest BCUT2D eigenvalue weighted by molar-refractivity contribution is 6.15. The molecule has 0 aliphatic carbocycles. The third-order valence-electron chi connectivity index (χ3n) is 4.77. The number of fused-ring (bicyclic) bond motifs is 5. The highest BCUT2D eigenvalue weighted by Gasteiger charge is 2.15. The number of hydrogen-bond acceptors (Lipinski definition) is 3. The van der Waals surface area contributed by atoms with Gasteiger partial charge in [-0.1, -0.05) is 42.5 Å². The van der Waals surface area contributed by atoms with Crippen LogP contribution in [0.15, 0.2) is 83.3 Å². The van der Waals surface area contributed by atoms with Crippen LogP contribution in [0.2, 0.25) is 0 Å². The second-order valence-corrected chi connectivity index (χ2v) is 6.25. The molecule has 0 unspecified atom stereocenters. The molecule has 0 spiro atoms. The van der Waals surface area contributed by atoms with Gasteiger partial charge in [0.1, 0.15) is 11.2 Å². The Kier molecular flexibility index (Phi) is 3.06. The van der Waals surface area contributed by atoms with E-state index in [1.807, 2.05) is 54.6 Å². The van der Waals surface area contributed by atoms with Gasteiger partial charge in [-0.05, 0) is 41.3 Å². The first-order valence-corrected chi connectivity index (χ1v) is 8.30. The van der Waals surface area contributed by atoms with Crippen LogP contribution in [0.25, 0.3) is 43.8 Å². The highest BCUT2D eigenvalue weighted by atomic mass is 16.6. The molecule has 124 valence electrons. The zero-order valence-corrected chi connectivity index (χ0v) is 13.7. The molecule has 4 aromatic carbocycles. The van der Waals surface area contributed by atoms with E-state index in [4.69, 9.17) is 4.42 Å². The first-order valence-electron chi connectivity index (χ1n) is 8.30. The number of furan rings is 1. The predicted octanol–water partition coefficient (Wildman–Crippen LogP) is 6.31. The fraction of sp³-hybridized carbons (Fsp3) is 0. The van der Waals surface area contributed by atoms with Gasteiger partial charge < -0.3 is 4.42 Å². The van der Waals surface area contributed by atoms with E-state index in [9.17, 15) is 10.1 Å². The minimum atomic E-state index is -0.345. The Balaban J connectivity index is 1.78. The van der Waals surface area contributed by atoms with Gasteiger partial charge >= 0.3 is 0 Å². The van der Waals surface area contributed by atoms with Crippen LogP contribution in [0.5, 0.6) is 0 Å². The molecule has 4 nitrogen and oxygen atoms in total. The number of rotatable bonds is 2. The third-order valence-corrected chi connectivity index (χ3v) is 4.77. The van der Waals surface area contributed by atoms with Crippen molar-refractivity contribution in [1.82, 2.24) is 0 Å². The van der Waals surface area contributed by atoms with Crippen molar-refractivity contribution in [3.8, 4) is 11.1 Å². The summed E-state index contributed by atoms with van der Waals surface area (Å²) in [5.41, 5.74) is 3.25. The SMILES string of the molecule is O=[N+]([O-])c1ccccc1-c1ccc2c(ccc3c4ccccc4oc23)c1. The predicted molar refractivity (Wildman–Crippen MR) is 103 cm³/mol. The fourth-order valence-electron chi connectivity index (χ4n) is 3.56. The number of nitro groups is 1. The van der Waals surface area contributed by atoms with Gasteiger partial charge in [0.25, 0.3) is 5.69 Å². The van der Waals surface area contributed by atoms with Gasteiger partial charge in [-0.2, -0.15) is 0 Å². The third kappa shape index (κ3) is 2.09. The van der Waals surface area contributed by atoms with Crippen molar-refractivity contribution >= 4 is 38.4 Å². The molecule has 4 heteroatoms. The van der Waals surface area contributed by atoms with Crippen LogP contribution >= 0.6 is 0 Å². The maximum Gasteiger partial charge on any atom is 0.277 e. The lowest BCUT2D eigenvalue weighted by Crippen LogP contribution is -1.91. The number of benzene rings is 4. The normalized spacial score (nSPS) is 11.4. The minimum Gasteiger partial charge on any atom is -0.455 e. The topological polar surface area (TPSA) is 56.3 Å². The summed E-state index contributed by atoms with van der Waals surface area (Å²) in [6, 6.07) is 24.7. The molecule has 0 saturated heterocycles. The van der Waals surface area contributed by atoms with Crippen molar-refractivity contribution in [2.75, 3.05) is 0 Å². The van der Waals surface area contributed by atoms with Gasteiger partial charge in [0.05, 0.1) is 10.5 Å². The summed E-state index contributed by atoms with van der Waals surface area (Å²) in [6.07, 6.45) is 0. The van der Waals surface area contributed by atoms with E-state index >= 15 is 0 Å². The van der Waals surface area contributed by atoms with Crippen molar-refractivity contribution in [2.45, 2.75) is 0 Å². The number of para-hydroxylation sites is 2. The number of nitro benzene ring substituents is 1. The van der Waals surface area contributed by atoms with Crippen molar-refractivity contribution < 1.29 is 9.34 Å². The molecule has 0 radical (unpaired) electrons. The summed E-state index contributed by atoms with van der Waals surface area (Å²) in [4.78, 5) is 11.0. The van der Waals surface area contributed by atoms with Crippen LogP contribution in [0.1, 0.15) is 0 Å². The van der Waals surface area contributed by atoms with Crippen molar-refractivity contribution in [3.63, 3.8) is 0 Å². The standard InChI is InChI=1S/C22H13NO3/c24-23(25)20-7-3-1-5-16(20)14-9-11-17-15(13-14)10-12-19-18-6-2-4-8-21(18)26-22(17)19/h1-13H. The van der Waals surface area contributed by atoms with Gasteiger partial charge in [-0.3, -0.25) is 10.1 Å². The molecular formula is C22H13NO3. The Labute approximate surface area is 148 Å². The van der Waals surface area contributed by atoms with Gasteiger partial charge in [0.2, 0.25) is 0 Å². The molecule has 0 saturated carbocycles. The Hall–Kier alpha value is -3.66. The first kappa shape index (κ1) is 14.7. The Morgan fingerprint density at radius 3 is 2.42 bits per heavy atom. The maximum atomic E-state index is 11.3. The van der Waals surface area contributed by atoms with Crippen LogP contribution in [-0.2, 0) is 0 Å². The lowest BCUT2D eigenvalue weighted by molar-refractivity contribution is -0.384. The van der Waals surface area contributed by atoms with E-state index in [-0.39, 0.29) is 10.6 Å². The van der Waals surface area contributed by atoms with Gasteiger partial charge in [0, 0.05) is 22.2 Å². The zero-order valence-electron chi connectivity index (χ0n) is 13.7. The quantitative estimate of drug-likeness (QED) is 0.279. The summed E-state index contributed by atoms with van der Waals surface area (Å²) in [6.45, 7) is 0. The molecule has 0 N–H and O–H groups in total. The van der Waals surface area contributed by atoms with Crippen LogP contribution < -0.4 is 0 Å². The molecule has 0 aliphatic rings. The molecule has 5 rings (SSSR count).